The molecule has 0 aromatic rings. The molecule has 0 aromatic heterocycles. The Morgan fingerprint density at radius 3 is 2.70 bits per heavy atom. The summed E-state index contributed by atoms with van der Waals surface area (Å²) in [7, 11) is 0. The minimum absolute atomic E-state index is 0.0108. The van der Waals surface area contributed by atoms with Gasteiger partial charge in [-0.3, -0.25) is 0 Å². The van der Waals surface area contributed by atoms with Gasteiger partial charge in [0, 0.05) is 6.42 Å². The number of hydrogen-bond donors (Lipinski definition) is 0. The lowest BCUT2D eigenvalue weighted by molar-refractivity contribution is -0.0640. The molecule has 4 aliphatic carbocycles. The van der Waals surface area contributed by atoms with E-state index in [1.807, 2.05) is 0 Å². The molecule has 3 fully saturated rings. The van der Waals surface area contributed by atoms with Crippen molar-refractivity contribution in [1.29, 1.82) is 0 Å². The fourth-order valence-electron chi connectivity index (χ4n) is 8.85. The predicted molar refractivity (Wildman–Crippen MR) is 124 cm³/mol. The second-order valence-corrected chi connectivity index (χ2v) is 11.9. The van der Waals surface area contributed by atoms with Gasteiger partial charge < -0.3 is 4.84 Å². The van der Waals surface area contributed by atoms with Crippen LogP contribution in [0.4, 0.5) is 0 Å². The summed E-state index contributed by atoms with van der Waals surface area (Å²) in [5, 5.41) is 2.73. The molecule has 30 heavy (non-hydrogen) atoms. The number of allylic oxidation sites excluding steroid dienone is 1. The second-order valence-electron chi connectivity index (χ2n) is 11.9. The molecule has 0 aromatic carbocycles. The molecule has 8 atom stereocenters. The van der Waals surface area contributed by atoms with E-state index in [1.54, 1.807) is 5.57 Å². The van der Waals surface area contributed by atoms with Crippen molar-refractivity contribution in [2.75, 3.05) is 0 Å². The van der Waals surface area contributed by atoms with E-state index in [4.69, 9.17) is 4.84 Å². The molecule has 0 N–H and O–H groups in total. The summed E-state index contributed by atoms with van der Waals surface area (Å²) in [6.07, 6.45) is 19.7. The zero-order chi connectivity index (χ0) is 21.4. The van der Waals surface area contributed by atoms with Crippen molar-refractivity contribution in [2.24, 2.45) is 45.8 Å². The summed E-state index contributed by atoms with van der Waals surface area (Å²) < 4.78 is 0. The Balaban J connectivity index is 1.46. The van der Waals surface area contributed by atoms with Crippen LogP contribution in [0.25, 0.3) is 0 Å². The highest BCUT2D eigenvalue weighted by atomic mass is 16.7. The van der Waals surface area contributed by atoms with Gasteiger partial charge in [0.2, 0.25) is 0 Å². The van der Waals surface area contributed by atoms with Crippen LogP contribution in [0, 0.1) is 45.3 Å². The van der Waals surface area contributed by atoms with Gasteiger partial charge in [0.15, 0.2) is 5.34 Å². The third-order valence-electron chi connectivity index (χ3n) is 10.5. The van der Waals surface area contributed by atoms with Gasteiger partial charge in [-0.25, -0.2) is 0 Å². The van der Waals surface area contributed by atoms with E-state index in [9.17, 15) is 4.91 Å². The Bertz CT molecular complexity index is 645. The molecule has 4 aliphatic rings. The average molecular weight is 416 g/mol. The SMILES string of the molecule is CCCCCC[C@@H](C)[C@H]1CC[C@H]2C3CC=C4C[C@@H](ON=O)CC[C@]4(C)[C@H]3CC[C@]12C. The Labute approximate surface area is 184 Å². The van der Waals surface area contributed by atoms with E-state index < -0.39 is 0 Å². The molecule has 0 saturated heterocycles. The van der Waals surface area contributed by atoms with Gasteiger partial charge in [-0.15, -0.1) is 4.91 Å². The largest absolute Gasteiger partial charge is 0.360 e. The maximum Gasteiger partial charge on any atom is 0.155 e. The van der Waals surface area contributed by atoms with Gasteiger partial charge in [0.25, 0.3) is 0 Å². The number of nitrogens with zero attached hydrogens (tertiary/aromatic N) is 1. The van der Waals surface area contributed by atoms with Gasteiger partial charge in [-0.05, 0) is 85.4 Å². The first-order chi connectivity index (χ1) is 14.4. The molecule has 3 nitrogen and oxygen atoms in total. The lowest BCUT2D eigenvalue weighted by atomic mass is 9.47. The van der Waals surface area contributed by atoms with E-state index in [0.29, 0.717) is 10.8 Å². The highest BCUT2D eigenvalue weighted by Crippen LogP contribution is 2.67. The van der Waals surface area contributed by atoms with Crippen molar-refractivity contribution < 1.29 is 4.84 Å². The van der Waals surface area contributed by atoms with Crippen LogP contribution in [-0.2, 0) is 4.84 Å². The summed E-state index contributed by atoms with van der Waals surface area (Å²) >= 11 is 0. The Hall–Kier alpha value is -0.860. The third-order valence-corrected chi connectivity index (χ3v) is 10.5. The quantitative estimate of drug-likeness (QED) is 0.173. The van der Waals surface area contributed by atoms with Gasteiger partial charge in [0.1, 0.15) is 6.10 Å². The lowest BCUT2D eigenvalue weighted by Crippen LogP contribution is -2.50. The number of hydrogen-bond acceptors (Lipinski definition) is 3. The molecule has 170 valence electrons. The molecule has 0 bridgehead atoms. The molecule has 1 unspecified atom stereocenters. The van der Waals surface area contributed by atoms with Crippen LogP contribution in [0.3, 0.4) is 0 Å². The molecule has 4 rings (SSSR count). The average Bonchev–Trinajstić information content (AvgIpc) is 3.09. The Kier molecular flexibility index (Phi) is 6.66. The maximum absolute atomic E-state index is 10.6. The molecule has 3 heteroatoms. The van der Waals surface area contributed by atoms with Crippen molar-refractivity contribution in [3.63, 3.8) is 0 Å². The van der Waals surface area contributed by atoms with Gasteiger partial charge in [-0.1, -0.05) is 71.4 Å². The monoisotopic (exact) mass is 415 g/mol. The molecular formula is C27H45NO2. The molecule has 0 radical (unpaired) electrons. The third kappa shape index (κ3) is 3.77. The van der Waals surface area contributed by atoms with E-state index in [0.717, 1.165) is 42.4 Å². The highest BCUT2D eigenvalue weighted by molar-refractivity contribution is 5.25. The van der Waals surface area contributed by atoms with Gasteiger partial charge in [0.05, 0.1) is 0 Å². The number of unbranched alkanes of at least 4 members (excludes halogenated alkanes) is 3. The first kappa shape index (κ1) is 22.3. The molecule has 0 amide bonds. The van der Waals surface area contributed by atoms with Crippen molar-refractivity contribution >= 4 is 0 Å². The first-order valence-corrected chi connectivity index (χ1v) is 13.1. The molecule has 0 aliphatic heterocycles. The predicted octanol–water partition coefficient (Wildman–Crippen LogP) is 8.24. The van der Waals surface area contributed by atoms with Crippen LogP contribution in [0.1, 0.15) is 111 Å². The number of rotatable bonds is 8. The van der Waals surface area contributed by atoms with Crippen LogP contribution in [0.15, 0.2) is 17.0 Å². The van der Waals surface area contributed by atoms with Crippen LogP contribution in [0.2, 0.25) is 0 Å². The summed E-state index contributed by atoms with van der Waals surface area (Å²) in [4.78, 5) is 15.7. The summed E-state index contributed by atoms with van der Waals surface area (Å²) in [5.74, 6) is 4.45. The maximum atomic E-state index is 10.6. The molecular weight excluding hydrogens is 370 g/mol. The summed E-state index contributed by atoms with van der Waals surface area (Å²) in [6.45, 7) is 10.1. The highest BCUT2D eigenvalue weighted by Gasteiger charge is 2.59. The lowest BCUT2D eigenvalue weighted by Gasteiger charge is -2.58. The van der Waals surface area contributed by atoms with Crippen LogP contribution < -0.4 is 0 Å². The minimum atomic E-state index is 0.0108. The second kappa shape index (κ2) is 8.94. The van der Waals surface area contributed by atoms with Gasteiger partial charge in [-0.2, -0.15) is 0 Å². The van der Waals surface area contributed by atoms with Crippen LogP contribution in [-0.4, -0.2) is 6.10 Å². The molecule has 0 heterocycles. The summed E-state index contributed by atoms with van der Waals surface area (Å²) in [6, 6.07) is 0. The minimum Gasteiger partial charge on any atom is -0.360 e. The van der Waals surface area contributed by atoms with Crippen molar-refractivity contribution in [1.82, 2.24) is 0 Å². The summed E-state index contributed by atoms with van der Waals surface area (Å²) in [5.41, 5.74) is 2.47. The van der Waals surface area contributed by atoms with Crippen molar-refractivity contribution in [3.8, 4) is 0 Å². The first-order valence-electron chi connectivity index (χ1n) is 13.1. The van der Waals surface area contributed by atoms with Crippen LogP contribution >= 0.6 is 0 Å². The fraction of sp³-hybridized carbons (Fsp3) is 0.926. The van der Waals surface area contributed by atoms with Crippen LogP contribution in [0.5, 0.6) is 0 Å². The molecule has 3 saturated carbocycles. The molecule has 0 spiro atoms. The fourth-order valence-corrected chi connectivity index (χ4v) is 8.85. The van der Waals surface area contributed by atoms with E-state index >= 15 is 0 Å². The topological polar surface area (TPSA) is 38.7 Å². The smallest absolute Gasteiger partial charge is 0.155 e. The van der Waals surface area contributed by atoms with Gasteiger partial charge >= 0.3 is 0 Å². The zero-order valence-electron chi connectivity index (χ0n) is 20.0. The van der Waals surface area contributed by atoms with Crippen molar-refractivity contribution in [2.45, 2.75) is 117 Å². The Morgan fingerprint density at radius 2 is 1.93 bits per heavy atom. The van der Waals surface area contributed by atoms with E-state index in [2.05, 4.69) is 39.1 Å². The van der Waals surface area contributed by atoms with Crippen molar-refractivity contribution in [3.05, 3.63) is 16.6 Å². The Morgan fingerprint density at radius 1 is 1.10 bits per heavy atom. The van der Waals surface area contributed by atoms with E-state index in [1.165, 1.54) is 70.6 Å². The number of fused-ring (bicyclic) bond motifs is 5. The standard InChI is InChI=1S/C27H45NO2/c1-5-6-7-8-9-19(2)23-12-13-24-22-11-10-20-18-21(30-28-29)14-16-26(20,3)25(22)15-17-27(23,24)4/h10,19,21-25H,5-9,11-18H2,1-4H3/t19-,21+,22?,23-,24+,25+,26+,27-/m1/s1. The zero-order valence-corrected chi connectivity index (χ0v) is 20.0. The normalized spacial score (nSPS) is 43.7. The van der Waals surface area contributed by atoms with E-state index in [-0.39, 0.29) is 6.10 Å².